The Morgan fingerprint density at radius 1 is 1.14 bits per heavy atom. The maximum atomic E-state index is 13.3. The van der Waals surface area contributed by atoms with Crippen LogP contribution in [0.25, 0.3) is 0 Å². The first-order valence-electron chi connectivity index (χ1n) is 6.65. The molecular formula is C16H17FN2O2. The standard InChI is InChI=1S/C16H17FN2O2/c1-10-6-11(2)8-13(7-10)12(3)18-15-9-14(17)4-5-16(15)19(20)21/h4-9,12,18H,1-3H3. The van der Waals surface area contributed by atoms with Crippen molar-refractivity contribution in [2.24, 2.45) is 0 Å². The molecule has 0 amide bonds. The first-order chi connectivity index (χ1) is 9.86. The van der Waals surface area contributed by atoms with Crippen molar-refractivity contribution >= 4 is 11.4 Å². The van der Waals surface area contributed by atoms with Gasteiger partial charge in [-0.25, -0.2) is 4.39 Å². The number of nitro groups is 1. The Kier molecular flexibility index (Phi) is 4.21. The molecule has 0 aliphatic rings. The number of nitrogens with one attached hydrogen (secondary N) is 1. The van der Waals surface area contributed by atoms with Crippen LogP contribution in [0, 0.1) is 29.8 Å². The molecule has 4 nitrogen and oxygen atoms in total. The number of rotatable bonds is 4. The summed E-state index contributed by atoms with van der Waals surface area (Å²) in [5.41, 5.74) is 3.30. The minimum atomic E-state index is -0.518. The molecule has 2 rings (SSSR count). The van der Waals surface area contributed by atoms with Gasteiger partial charge in [-0.2, -0.15) is 0 Å². The molecule has 110 valence electrons. The van der Waals surface area contributed by atoms with Gasteiger partial charge < -0.3 is 5.32 Å². The van der Waals surface area contributed by atoms with Crippen molar-refractivity contribution in [1.82, 2.24) is 0 Å². The van der Waals surface area contributed by atoms with E-state index < -0.39 is 10.7 Å². The normalized spacial score (nSPS) is 12.0. The number of nitrogens with zero attached hydrogens (tertiary/aromatic N) is 1. The molecule has 21 heavy (non-hydrogen) atoms. The van der Waals surface area contributed by atoms with Gasteiger partial charge in [0.2, 0.25) is 0 Å². The fourth-order valence-corrected chi connectivity index (χ4v) is 2.36. The lowest BCUT2D eigenvalue weighted by Gasteiger charge is -2.17. The Morgan fingerprint density at radius 2 is 1.76 bits per heavy atom. The lowest BCUT2D eigenvalue weighted by Crippen LogP contribution is -2.09. The zero-order chi connectivity index (χ0) is 15.6. The lowest BCUT2D eigenvalue weighted by atomic mass is 10.0. The van der Waals surface area contributed by atoms with Gasteiger partial charge in [-0.1, -0.05) is 29.3 Å². The monoisotopic (exact) mass is 288 g/mol. The van der Waals surface area contributed by atoms with E-state index in [1.54, 1.807) is 0 Å². The summed E-state index contributed by atoms with van der Waals surface area (Å²) in [4.78, 5) is 10.5. The SMILES string of the molecule is Cc1cc(C)cc(C(C)Nc2cc(F)ccc2[N+](=O)[O-])c1. The van der Waals surface area contributed by atoms with Crippen molar-refractivity contribution in [1.29, 1.82) is 0 Å². The van der Waals surface area contributed by atoms with Crippen LogP contribution < -0.4 is 5.32 Å². The van der Waals surface area contributed by atoms with Crippen molar-refractivity contribution in [2.45, 2.75) is 26.8 Å². The van der Waals surface area contributed by atoms with Gasteiger partial charge in [-0.15, -0.1) is 0 Å². The number of hydrogen-bond donors (Lipinski definition) is 1. The van der Waals surface area contributed by atoms with Crippen LogP contribution in [-0.4, -0.2) is 4.92 Å². The van der Waals surface area contributed by atoms with Gasteiger partial charge in [0, 0.05) is 18.2 Å². The number of hydrogen-bond acceptors (Lipinski definition) is 3. The van der Waals surface area contributed by atoms with E-state index in [0.717, 1.165) is 28.8 Å². The molecule has 0 saturated heterocycles. The molecule has 1 N–H and O–H groups in total. The van der Waals surface area contributed by atoms with Gasteiger partial charge in [0.1, 0.15) is 11.5 Å². The molecule has 0 aliphatic carbocycles. The fourth-order valence-electron chi connectivity index (χ4n) is 2.36. The third kappa shape index (κ3) is 3.56. The third-order valence-electron chi connectivity index (χ3n) is 3.27. The van der Waals surface area contributed by atoms with Gasteiger partial charge in [0.25, 0.3) is 5.69 Å². The summed E-state index contributed by atoms with van der Waals surface area (Å²) in [5, 5.41) is 14.0. The summed E-state index contributed by atoms with van der Waals surface area (Å²) in [5.74, 6) is -0.504. The van der Waals surface area contributed by atoms with Crippen LogP contribution in [0.15, 0.2) is 36.4 Å². The van der Waals surface area contributed by atoms with Crippen LogP contribution in [-0.2, 0) is 0 Å². The minimum absolute atomic E-state index is 0.132. The maximum absolute atomic E-state index is 13.3. The van der Waals surface area contributed by atoms with E-state index in [1.807, 2.05) is 32.9 Å². The summed E-state index contributed by atoms with van der Waals surface area (Å²) >= 11 is 0. The first-order valence-corrected chi connectivity index (χ1v) is 6.65. The highest BCUT2D eigenvalue weighted by molar-refractivity contribution is 5.62. The highest BCUT2D eigenvalue weighted by Crippen LogP contribution is 2.29. The van der Waals surface area contributed by atoms with Crippen molar-refractivity contribution in [3.63, 3.8) is 0 Å². The molecule has 2 aromatic rings. The highest BCUT2D eigenvalue weighted by Gasteiger charge is 2.17. The average molecular weight is 288 g/mol. The highest BCUT2D eigenvalue weighted by atomic mass is 19.1. The molecule has 1 atom stereocenters. The summed E-state index contributed by atoms with van der Waals surface area (Å²) in [7, 11) is 0. The quantitative estimate of drug-likeness (QED) is 0.664. The number of halogens is 1. The van der Waals surface area contributed by atoms with E-state index in [4.69, 9.17) is 0 Å². The Hall–Kier alpha value is -2.43. The molecule has 0 fully saturated rings. The maximum Gasteiger partial charge on any atom is 0.292 e. The first kappa shape index (κ1) is 15.0. The molecule has 0 aliphatic heterocycles. The molecule has 0 saturated carbocycles. The van der Waals surface area contributed by atoms with Crippen LogP contribution in [0.5, 0.6) is 0 Å². The Bertz CT molecular complexity index is 666. The summed E-state index contributed by atoms with van der Waals surface area (Å²) in [6, 6.07) is 9.32. The van der Waals surface area contributed by atoms with E-state index in [9.17, 15) is 14.5 Å². The Labute approximate surface area is 122 Å². The molecule has 0 spiro atoms. The van der Waals surface area contributed by atoms with Gasteiger partial charge in [0.05, 0.1) is 4.92 Å². The van der Waals surface area contributed by atoms with Gasteiger partial charge in [-0.3, -0.25) is 10.1 Å². The lowest BCUT2D eigenvalue weighted by molar-refractivity contribution is -0.384. The fraction of sp³-hybridized carbons (Fsp3) is 0.250. The predicted molar refractivity (Wildman–Crippen MR) is 81.0 cm³/mol. The number of anilines is 1. The molecule has 2 aromatic carbocycles. The van der Waals surface area contributed by atoms with E-state index in [1.165, 1.54) is 6.07 Å². The summed E-state index contributed by atoms with van der Waals surface area (Å²) < 4.78 is 13.3. The van der Waals surface area contributed by atoms with Crippen LogP contribution in [0.2, 0.25) is 0 Å². The number of nitro benzene ring substituents is 1. The van der Waals surface area contributed by atoms with E-state index in [2.05, 4.69) is 11.4 Å². The van der Waals surface area contributed by atoms with Crippen LogP contribution in [0.1, 0.15) is 29.7 Å². The van der Waals surface area contributed by atoms with Crippen molar-refractivity contribution in [3.05, 3.63) is 69.0 Å². The van der Waals surface area contributed by atoms with E-state index in [0.29, 0.717) is 0 Å². The molecule has 0 bridgehead atoms. The van der Waals surface area contributed by atoms with Crippen molar-refractivity contribution in [2.75, 3.05) is 5.32 Å². The topological polar surface area (TPSA) is 55.2 Å². The predicted octanol–water partition coefficient (Wildman–Crippen LogP) is 4.52. The van der Waals surface area contributed by atoms with Gasteiger partial charge in [-0.05, 0) is 32.4 Å². The van der Waals surface area contributed by atoms with Crippen molar-refractivity contribution in [3.8, 4) is 0 Å². The molecule has 1 unspecified atom stereocenters. The zero-order valence-corrected chi connectivity index (χ0v) is 12.2. The second kappa shape index (κ2) is 5.91. The van der Waals surface area contributed by atoms with E-state index in [-0.39, 0.29) is 17.4 Å². The third-order valence-corrected chi connectivity index (χ3v) is 3.27. The molecule has 0 radical (unpaired) electrons. The second-order valence-corrected chi connectivity index (χ2v) is 5.21. The Balaban J connectivity index is 2.32. The molecular weight excluding hydrogens is 271 g/mol. The number of benzene rings is 2. The Morgan fingerprint density at radius 3 is 2.33 bits per heavy atom. The zero-order valence-electron chi connectivity index (χ0n) is 12.2. The van der Waals surface area contributed by atoms with Crippen molar-refractivity contribution < 1.29 is 9.31 Å². The van der Waals surface area contributed by atoms with Gasteiger partial charge >= 0.3 is 0 Å². The smallest absolute Gasteiger partial charge is 0.292 e. The van der Waals surface area contributed by atoms with Crippen LogP contribution in [0.3, 0.4) is 0 Å². The number of aryl methyl sites for hydroxylation is 2. The molecule has 0 heterocycles. The summed E-state index contributed by atoms with van der Waals surface area (Å²) in [6.45, 7) is 5.88. The second-order valence-electron chi connectivity index (χ2n) is 5.21. The minimum Gasteiger partial charge on any atom is -0.373 e. The van der Waals surface area contributed by atoms with Crippen LogP contribution >= 0.6 is 0 Å². The summed E-state index contributed by atoms with van der Waals surface area (Å²) in [6.07, 6.45) is 0. The molecule has 0 aromatic heterocycles. The van der Waals surface area contributed by atoms with E-state index >= 15 is 0 Å². The van der Waals surface area contributed by atoms with Crippen LogP contribution in [0.4, 0.5) is 15.8 Å². The molecule has 5 heteroatoms. The average Bonchev–Trinajstić information content (AvgIpc) is 2.37. The van der Waals surface area contributed by atoms with Gasteiger partial charge in [0.15, 0.2) is 0 Å². The largest absolute Gasteiger partial charge is 0.373 e.